The monoisotopic (exact) mass is 143 g/mol. The van der Waals surface area contributed by atoms with Gasteiger partial charge in [-0.3, -0.25) is 0 Å². The van der Waals surface area contributed by atoms with Gasteiger partial charge in [-0.1, -0.05) is 20.8 Å². The van der Waals surface area contributed by atoms with E-state index in [0.717, 1.165) is 13.0 Å². The molecule has 1 N–H and O–H groups in total. The first-order chi connectivity index (χ1) is 5.31. The van der Waals surface area contributed by atoms with E-state index >= 15 is 0 Å². The minimum Gasteiger partial charge on any atom is -0.317 e. The Hall–Kier alpha value is -0.0400. The van der Waals surface area contributed by atoms with Crippen LogP contribution < -0.4 is 5.32 Å². The molecule has 1 aliphatic heterocycles. The lowest BCUT2D eigenvalue weighted by atomic mass is 9.76. The van der Waals surface area contributed by atoms with Crippen molar-refractivity contribution in [1.29, 1.82) is 0 Å². The van der Waals surface area contributed by atoms with Gasteiger partial charge in [-0.25, -0.2) is 0 Å². The van der Waals surface area contributed by atoms with Gasteiger partial charge in [0.15, 0.2) is 0 Å². The Morgan fingerprint density at radius 2 is 2.10 bits per heavy atom. The van der Waals surface area contributed by atoms with E-state index in [1.165, 1.54) is 0 Å². The second kappa shape index (κ2) is 2.91. The van der Waals surface area contributed by atoms with E-state index in [1.54, 1.807) is 0 Å². The Morgan fingerprint density at radius 1 is 1.40 bits per heavy atom. The second-order valence-corrected chi connectivity index (χ2v) is 4.16. The van der Waals surface area contributed by atoms with E-state index in [2.05, 4.69) is 26.1 Å². The van der Waals surface area contributed by atoms with Crippen LogP contribution >= 0.6 is 0 Å². The van der Waals surface area contributed by atoms with E-state index in [0.29, 0.717) is 12.3 Å². The molecule has 0 aromatic carbocycles. The summed E-state index contributed by atoms with van der Waals surface area (Å²) in [6, 6.07) is 0. The molecule has 0 aromatic heterocycles. The van der Waals surface area contributed by atoms with Crippen LogP contribution in [-0.2, 0) is 0 Å². The number of hydrogen-bond acceptors (Lipinski definition) is 1. The van der Waals surface area contributed by atoms with E-state index in [9.17, 15) is 0 Å². The lowest BCUT2D eigenvalue weighted by molar-refractivity contribution is 0.188. The van der Waals surface area contributed by atoms with Crippen LogP contribution in [0.15, 0.2) is 0 Å². The molecule has 0 bridgehead atoms. The van der Waals surface area contributed by atoms with Crippen LogP contribution in [0, 0.1) is 11.3 Å². The largest absolute Gasteiger partial charge is 0.317 e. The molecule has 1 saturated heterocycles. The minimum absolute atomic E-state index is 0.245. The zero-order chi connectivity index (χ0) is 9.41. The van der Waals surface area contributed by atoms with E-state index in [4.69, 9.17) is 2.74 Å². The number of rotatable bonds is 0. The van der Waals surface area contributed by atoms with Crippen molar-refractivity contribution >= 4 is 0 Å². The zero-order valence-corrected chi connectivity index (χ0v) is 7.20. The molecule has 10 heavy (non-hydrogen) atoms. The van der Waals surface area contributed by atoms with Crippen LogP contribution in [0.25, 0.3) is 0 Å². The van der Waals surface area contributed by atoms with Gasteiger partial charge in [0, 0.05) is 2.74 Å². The fraction of sp³-hybridized carbons (Fsp3) is 1.00. The lowest BCUT2D eigenvalue weighted by Gasteiger charge is -2.34. The molecule has 60 valence electrons. The van der Waals surface area contributed by atoms with Gasteiger partial charge in [-0.2, -0.15) is 0 Å². The Kier molecular flexibility index (Phi) is 1.63. The highest BCUT2D eigenvalue weighted by Gasteiger charge is 2.25. The van der Waals surface area contributed by atoms with Gasteiger partial charge in [-0.05, 0) is 37.2 Å². The molecule has 1 unspecified atom stereocenters. The molecule has 0 amide bonds. The summed E-state index contributed by atoms with van der Waals surface area (Å²) in [7, 11) is 0. The topological polar surface area (TPSA) is 12.0 Å². The Labute approximate surface area is 67.0 Å². The summed E-state index contributed by atoms with van der Waals surface area (Å²) in [5.41, 5.74) is 0.245. The summed E-state index contributed by atoms with van der Waals surface area (Å²) in [5, 5.41) is 2.89. The van der Waals surface area contributed by atoms with Crippen molar-refractivity contribution in [2.45, 2.75) is 33.6 Å². The van der Waals surface area contributed by atoms with E-state index in [-0.39, 0.29) is 5.41 Å². The highest BCUT2D eigenvalue weighted by Crippen LogP contribution is 2.32. The number of piperidine rings is 1. The maximum Gasteiger partial charge on any atom is 0.0428 e. The van der Waals surface area contributed by atoms with Gasteiger partial charge in [0.1, 0.15) is 0 Å². The van der Waals surface area contributed by atoms with Gasteiger partial charge < -0.3 is 5.32 Å². The van der Waals surface area contributed by atoms with Crippen LogP contribution in [0.5, 0.6) is 0 Å². The lowest BCUT2D eigenvalue weighted by Crippen LogP contribution is -2.34. The maximum absolute atomic E-state index is 7.59. The third kappa shape index (κ3) is 1.98. The van der Waals surface area contributed by atoms with Crippen LogP contribution in [-0.4, -0.2) is 13.0 Å². The Balaban J connectivity index is 2.58. The van der Waals surface area contributed by atoms with Gasteiger partial charge in [0.2, 0.25) is 0 Å². The van der Waals surface area contributed by atoms with E-state index < -0.39 is 6.50 Å². The summed E-state index contributed by atoms with van der Waals surface area (Å²) >= 11 is 0. The minimum atomic E-state index is -1.14. The molecule has 0 spiro atoms. The predicted octanol–water partition coefficient (Wildman–Crippen LogP) is 2.03. The molecule has 1 aliphatic rings. The predicted molar refractivity (Wildman–Crippen MR) is 45.0 cm³/mol. The SMILES string of the molecule is [2H]C1([2H])CC(C(C)(C)C)CCN1. The summed E-state index contributed by atoms with van der Waals surface area (Å²) < 4.78 is 15.2. The average Bonchev–Trinajstić information content (AvgIpc) is 1.83. The highest BCUT2D eigenvalue weighted by atomic mass is 14.9. The van der Waals surface area contributed by atoms with Gasteiger partial charge in [0.05, 0.1) is 0 Å². The molecule has 1 atom stereocenters. The van der Waals surface area contributed by atoms with Crippen molar-refractivity contribution in [1.82, 2.24) is 5.32 Å². The fourth-order valence-electron chi connectivity index (χ4n) is 1.37. The van der Waals surface area contributed by atoms with Crippen LogP contribution in [0.1, 0.15) is 36.4 Å². The molecule has 0 aliphatic carbocycles. The average molecular weight is 143 g/mol. The smallest absolute Gasteiger partial charge is 0.0428 e. The van der Waals surface area contributed by atoms with Crippen LogP contribution in [0.3, 0.4) is 0 Å². The van der Waals surface area contributed by atoms with Crippen molar-refractivity contribution < 1.29 is 2.74 Å². The van der Waals surface area contributed by atoms with Crippen LogP contribution in [0.4, 0.5) is 0 Å². The first-order valence-electron chi connectivity index (χ1n) is 5.06. The third-order valence-corrected chi connectivity index (χ3v) is 2.32. The molecular weight excluding hydrogens is 122 g/mol. The van der Waals surface area contributed by atoms with E-state index in [1.807, 2.05) is 0 Å². The summed E-state index contributed by atoms with van der Waals surface area (Å²) in [5.74, 6) is 0.508. The molecule has 1 nitrogen and oxygen atoms in total. The van der Waals surface area contributed by atoms with Gasteiger partial charge >= 0.3 is 0 Å². The van der Waals surface area contributed by atoms with Crippen molar-refractivity contribution in [3.8, 4) is 0 Å². The zero-order valence-electron chi connectivity index (χ0n) is 9.20. The Bertz CT molecular complexity index is 157. The molecular formula is C9H19N. The third-order valence-electron chi connectivity index (χ3n) is 2.32. The first kappa shape index (κ1) is 5.59. The molecule has 1 fully saturated rings. The second-order valence-electron chi connectivity index (χ2n) is 4.16. The molecule has 0 radical (unpaired) electrons. The molecule has 1 heterocycles. The summed E-state index contributed by atoms with van der Waals surface area (Å²) in [6.07, 6.45) is 1.75. The van der Waals surface area contributed by atoms with Gasteiger partial charge in [-0.15, -0.1) is 0 Å². The number of hydrogen-bond donors (Lipinski definition) is 1. The summed E-state index contributed by atoms with van der Waals surface area (Å²) in [4.78, 5) is 0. The van der Waals surface area contributed by atoms with Crippen LogP contribution in [0.2, 0.25) is 0 Å². The van der Waals surface area contributed by atoms with Gasteiger partial charge in [0.25, 0.3) is 0 Å². The van der Waals surface area contributed by atoms with Crippen molar-refractivity contribution in [3.63, 3.8) is 0 Å². The highest BCUT2D eigenvalue weighted by molar-refractivity contribution is 4.78. The Morgan fingerprint density at radius 3 is 2.50 bits per heavy atom. The van der Waals surface area contributed by atoms with Crippen molar-refractivity contribution in [2.75, 3.05) is 13.0 Å². The number of nitrogens with one attached hydrogen (secondary N) is 1. The molecule has 0 saturated carbocycles. The molecule has 1 rings (SSSR count). The molecule has 0 aromatic rings. The van der Waals surface area contributed by atoms with Crippen molar-refractivity contribution in [2.24, 2.45) is 11.3 Å². The summed E-state index contributed by atoms with van der Waals surface area (Å²) in [6.45, 7) is 6.25. The van der Waals surface area contributed by atoms with Crippen molar-refractivity contribution in [3.05, 3.63) is 0 Å². The normalized spacial score (nSPS) is 36.5. The maximum atomic E-state index is 7.59. The fourth-order valence-corrected chi connectivity index (χ4v) is 1.37. The molecule has 1 heteroatoms. The standard InChI is InChI=1S/C9H19N/c1-9(2,3)8-4-6-10-7-5-8/h8,10H,4-7H2,1-3H3/i6D2. The quantitative estimate of drug-likeness (QED) is 0.547. The first-order valence-corrected chi connectivity index (χ1v) is 4.06.